The number of imidazole rings is 1. The molecule has 5 nitrogen and oxygen atoms in total. The quantitative estimate of drug-likeness (QED) is 0.552. The number of likely N-dealkylation sites (N-methyl/N-ethyl adjacent to an activating group) is 1. The molecule has 0 bridgehead atoms. The molecule has 4 rings (SSSR count). The van der Waals surface area contributed by atoms with E-state index in [9.17, 15) is 18.0 Å². The van der Waals surface area contributed by atoms with E-state index in [0.717, 1.165) is 47.0 Å². The van der Waals surface area contributed by atoms with E-state index in [-0.39, 0.29) is 11.9 Å². The predicted octanol–water partition coefficient (Wildman–Crippen LogP) is 5.00. The van der Waals surface area contributed by atoms with Crippen LogP contribution in [0.3, 0.4) is 0 Å². The highest BCUT2D eigenvalue weighted by Crippen LogP contribution is 2.39. The topological polar surface area (TPSA) is 50.2 Å². The molecule has 1 N–H and O–H groups in total. The number of aromatic nitrogens is 2. The molecule has 2 atom stereocenters. The number of halogens is 3. The van der Waals surface area contributed by atoms with Gasteiger partial charge in [-0.05, 0) is 49.9 Å². The van der Waals surface area contributed by atoms with Crippen LogP contribution >= 0.6 is 0 Å². The van der Waals surface area contributed by atoms with Gasteiger partial charge in [-0.1, -0.05) is 42.5 Å². The Bertz CT molecular complexity index is 1140. The number of fused-ring (bicyclic) bond motifs is 1. The normalized spacial score (nSPS) is 17.3. The lowest BCUT2D eigenvalue weighted by atomic mass is 9.94. The van der Waals surface area contributed by atoms with Crippen LogP contribution in [0.25, 0.3) is 0 Å². The van der Waals surface area contributed by atoms with Gasteiger partial charge in [-0.25, -0.2) is 4.98 Å². The van der Waals surface area contributed by atoms with Gasteiger partial charge in [0.25, 0.3) is 0 Å². The van der Waals surface area contributed by atoms with Crippen molar-refractivity contribution in [2.24, 2.45) is 0 Å². The molecule has 0 saturated carbocycles. The average Bonchev–Trinajstić information content (AvgIpc) is 3.12. The predicted molar refractivity (Wildman–Crippen MR) is 124 cm³/mol. The molecular formula is C26H29F3N4O. The molecule has 0 spiro atoms. The molecular weight excluding hydrogens is 441 g/mol. The van der Waals surface area contributed by atoms with Crippen molar-refractivity contribution in [1.29, 1.82) is 0 Å². The maximum atomic E-state index is 13.1. The van der Waals surface area contributed by atoms with Crippen molar-refractivity contribution < 1.29 is 18.0 Å². The molecule has 1 amide bonds. The number of hydrogen-bond acceptors (Lipinski definition) is 3. The number of nitrogens with one attached hydrogen (secondary N) is 1. The lowest BCUT2D eigenvalue weighted by Gasteiger charge is -2.41. The molecule has 8 heteroatoms. The van der Waals surface area contributed by atoms with Gasteiger partial charge in [-0.15, -0.1) is 0 Å². The maximum Gasteiger partial charge on any atom is 0.416 e. The molecule has 1 aliphatic rings. The van der Waals surface area contributed by atoms with Crippen molar-refractivity contribution in [1.82, 2.24) is 19.8 Å². The molecule has 1 aromatic heterocycles. The molecule has 2 aromatic carbocycles. The Morgan fingerprint density at radius 1 is 1.09 bits per heavy atom. The van der Waals surface area contributed by atoms with E-state index < -0.39 is 17.8 Å². The van der Waals surface area contributed by atoms with E-state index in [1.807, 2.05) is 44.2 Å². The van der Waals surface area contributed by atoms with Gasteiger partial charge >= 0.3 is 6.18 Å². The van der Waals surface area contributed by atoms with Crippen LogP contribution in [-0.4, -0.2) is 34.0 Å². The lowest BCUT2D eigenvalue weighted by Crippen LogP contribution is -2.46. The number of rotatable bonds is 6. The largest absolute Gasteiger partial charge is 0.416 e. The Balaban J connectivity index is 1.68. The Morgan fingerprint density at radius 2 is 1.76 bits per heavy atom. The van der Waals surface area contributed by atoms with Gasteiger partial charge < -0.3 is 9.88 Å². The minimum Gasteiger partial charge on any atom is -0.358 e. The van der Waals surface area contributed by atoms with Crippen molar-refractivity contribution in [3.05, 3.63) is 88.5 Å². The van der Waals surface area contributed by atoms with E-state index >= 15 is 0 Å². The summed E-state index contributed by atoms with van der Waals surface area (Å²) in [5, 5.41) is 2.81. The van der Waals surface area contributed by atoms with Crippen LogP contribution in [0.1, 0.15) is 52.4 Å². The van der Waals surface area contributed by atoms with Gasteiger partial charge in [0.15, 0.2) is 0 Å². The maximum absolute atomic E-state index is 13.1. The number of amides is 1. The van der Waals surface area contributed by atoms with Crippen molar-refractivity contribution >= 4 is 5.91 Å². The second-order valence-electron chi connectivity index (χ2n) is 8.70. The first kappa shape index (κ1) is 24.0. The molecule has 0 aliphatic carbocycles. The molecule has 1 aliphatic heterocycles. The second kappa shape index (κ2) is 9.62. The highest BCUT2D eigenvalue weighted by molar-refractivity contribution is 5.83. The summed E-state index contributed by atoms with van der Waals surface area (Å²) in [6, 6.07) is 14.4. The van der Waals surface area contributed by atoms with Gasteiger partial charge in [-0.3, -0.25) is 9.69 Å². The number of alkyl halides is 3. The minimum absolute atomic E-state index is 0.0897. The molecule has 3 aromatic rings. The zero-order chi connectivity index (χ0) is 24.5. The van der Waals surface area contributed by atoms with Crippen LogP contribution in [0.5, 0.6) is 0 Å². The Labute approximate surface area is 197 Å². The fraction of sp³-hybridized carbons (Fsp3) is 0.385. The lowest BCUT2D eigenvalue weighted by molar-refractivity contribution is -0.137. The van der Waals surface area contributed by atoms with Crippen molar-refractivity contribution in [2.45, 2.75) is 51.5 Å². The van der Waals surface area contributed by atoms with Crippen LogP contribution in [0.15, 0.2) is 54.6 Å². The summed E-state index contributed by atoms with van der Waals surface area (Å²) in [6.07, 6.45) is -3.12. The number of aryl methyl sites for hydroxylation is 3. The smallest absolute Gasteiger partial charge is 0.358 e. The second-order valence-corrected chi connectivity index (χ2v) is 8.70. The highest BCUT2D eigenvalue weighted by atomic mass is 19.4. The SMILES string of the molecule is CNC(=O)[C@@H](c1ccccc1)N1CCn2c(C)nc(C)c2C1CCc1ccc(C(F)(F)F)cc1. The van der Waals surface area contributed by atoms with Gasteiger partial charge in [-0.2, -0.15) is 13.2 Å². The Morgan fingerprint density at radius 3 is 2.38 bits per heavy atom. The first-order chi connectivity index (χ1) is 16.2. The Kier molecular flexibility index (Phi) is 6.79. The summed E-state index contributed by atoms with van der Waals surface area (Å²) in [5.74, 6) is 0.843. The molecule has 0 fully saturated rings. The number of nitrogens with zero attached hydrogens (tertiary/aromatic N) is 3. The number of carbonyl (C=O) groups is 1. The molecule has 34 heavy (non-hydrogen) atoms. The molecule has 1 unspecified atom stereocenters. The fourth-order valence-electron chi connectivity index (χ4n) is 5.00. The van der Waals surface area contributed by atoms with Crippen LogP contribution in [0.4, 0.5) is 13.2 Å². The van der Waals surface area contributed by atoms with Gasteiger partial charge in [0.2, 0.25) is 5.91 Å². The summed E-state index contributed by atoms with van der Waals surface area (Å²) in [6.45, 7) is 5.34. The molecule has 0 radical (unpaired) electrons. The van der Waals surface area contributed by atoms with E-state index in [1.54, 1.807) is 19.2 Å². The highest BCUT2D eigenvalue weighted by Gasteiger charge is 2.38. The molecule has 0 saturated heterocycles. The summed E-state index contributed by atoms with van der Waals surface area (Å²) >= 11 is 0. The van der Waals surface area contributed by atoms with Crippen molar-refractivity contribution in [2.75, 3.05) is 13.6 Å². The van der Waals surface area contributed by atoms with E-state index in [1.165, 1.54) is 0 Å². The van der Waals surface area contributed by atoms with Crippen LogP contribution < -0.4 is 5.32 Å². The zero-order valence-electron chi connectivity index (χ0n) is 19.6. The zero-order valence-corrected chi connectivity index (χ0v) is 19.6. The first-order valence-electron chi connectivity index (χ1n) is 11.4. The van der Waals surface area contributed by atoms with Gasteiger partial charge in [0.05, 0.1) is 23.0 Å². The Hall–Kier alpha value is -3.13. The monoisotopic (exact) mass is 470 g/mol. The standard InChI is InChI=1S/C26H29F3N4O/c1-17-23-22(14-11-19-9-12-21(13-10-19)26(27,28)29)33(16-15-32(23)18(2)31-17)24(25(34)30-3)20-7-5-4-6-8-20/h4-10,12-13,22,24H,11,14-16H2,1-3H3,(H,30,34)/t22?,24-/m1/s1. The summed E-state index contributed by atoms with van der Waals surface area (Å²) < 4.78 is 41.1. The van der Waals surface area contributed by atoms with Gasteiger partial charge in [0.1, 0.15) is 11.9 Å². The van der Waals surface area contributed by atoms with Crippen molar-refractivity contribution in [3.63, 3.8) is 0 Å². The van der Waals surface area contributed by atoms with E-state index in [2.05, 4.69) is 19.8 Å². The van der Waals surface area contributed by atoms with Crippen molar-refractivity contribution in [3.8, 4) is 0 Å². The van der Waals surface area contributed by atoms with E-state index in [4.69, 9.17) is 0 Å². The van der Waals surface area contributed by atoms with Crippen LogP contribution in [-0.2, 0) is 23.9 Å². The third kappa shape index (κ3) is 4.73. The first-order valence-corrected chi connectivity index (χ1v) is 11.4. The third-order valence-electron chi connectivity index (χ3n) is 6.61. The summed E-state index contributed by atoms with van der Waals surface area (Å²) in [4.78, 5) is 20.0. The molecule has 2 heterocycles. The molecule has 180 valence electrons. The van der Waals surface area contributed by atoms with Crippen LogP contribution in [0, 0.1) is 13.8 Å². The summed E-state index contributed by atoms with van der Waals surface area (Å²) in [7, 11) is 1.64. The fourth-order valence-corrected chi connectivity index (χ4v) is 5.00. The summed E-state index contributed by atoms with van der Waals surface area (Å²) in [5.41, 5.74) is 3.08. The average molecular weight is 471 g/mol. The third-order valence-corrected chi connectivity index (χ3v) is 6.61. The minimum atomic E-state index is -4.35. The van der Waals surface area contributed by atoms with Crippen LogP contribution in [0.2, 0.25) is 0 Å². The number of benzene rings is 2. The van der Waals surface area contributed by atoms with E-state index in [0.29, 0.717) is 19.4 Å². The number of carbonyl (C=O) groups excluding carboxylic acids is 1. The number of hydrogen-bond donors (Lipinski definition) is 1. The van der Waals surface area contributed by atoms with Gasteiger partial charge in [0, 0.05) is 20.1 Å².